The van der Waals surface area contributed by atoms with Gasteiger partial charge in [-0.3, -0.25) is 4.68 Å². The minimum Gasteiger partial charge on any atom is -0.478 e. The summed E-state index contributed by atoms with van der Waals surface area (Å²) in [6.45, 7) is 2.67. The molecular formula is C12H12F3N3O2. The maximum absolute atomic E-state index is 12.7. The van der Waals surface area contributed by atoms with E-state index in [-0.39, 0.29) is 6.54 Å². The van der Waals surface area contributed by atoms with Crippen LogP contribution in [-0.2, 0) is 19.3 Å². The molecule has 2 heterocycles. The Morgan fingerprint density at radius 2 is 2.05 bits per heavy atom. The first-order chi connectivity index (χ1) is 9.31. The Bertz CT molecular complexity index is 628. The van der Waals surface area contributed by atoms with Gasteiger partial charge in [-0.2, -0.15) is 18.3 Å². The van der Waals surface area contributed by atoms with Crippen LogP contribution in [-0.4, -0.2) is 25.4 Å². The van der Waals surface area contributed by atoms with Crippen LogP contribution < -0.4 is 0 Å². The highest BCUT2D eigenvalue weighted by Gasteiger charge is 2.36. The van der Waals surface area contributed by atoms with Crippen LogP contribution >= 0.6 is 0 Å². The van der Waals surface area contributed by atoms with Gasteiger partial charge in [0.15, 0.2) is 0 Å². The Kier molecular flexibility index (Phi) is 3.56. The van der Waals surface area contributed by atoms with Gasteiger partial charge in [-0.05, 0) is 6.92 Å². The predicted molar refractivity (Wildman–Crippen MR) is 63.4 cm³/mol. The molecule has 0 bridgehead atoms. The number of alkyl halides is 3. The highest BCUT2D eigenvalue weighted by atomic mass is 19.4. The van der Waals surface area contributed by atoms with Crippen molar-refractivity contribution in [3.05, 3.63) is 41.5 Å². The number of hydrogen-bond donors (Lipinski definition) is 1. The average Bonchev–Trinajstić information content (AvgIpc) is 2.95. The van der Waals surface area contributed by atoms with Crippen LogP contribution in [0.5, 0.6) is 0 Å². The molecule has 108 valence electrons. The third-order valence-electron chi connectivity index (χ3n) is 2.79. The number of halogens is 3. The zero-order valence-electron chi connectivity index (χ0n) is 10.6. The van der Waals surface area contributed by atoms with E-state index in [0.717, 1.165) is 12.4 Å². The van der Waals surface area contributed by atoms with Crippen LogP contribution in [0.25, 0.3) is 0 Å². The molecule has 0 radical (unpaired) electrons. The standard InChI is InChI=1S/C12H12F3N3O2/c1-2-18-5-8(3-16-18)4-17-6-9(11(19)20)10(7-17)12(13,14)15/h3,5-7H,2,4H2,1H3,(H,19,20). The van der Waals surface area contributed by atoms with Crippen LogP contribution in [0.3, 0.4) is 0 Å². The van der Waals surface area contributed by atoms with E-state index in [9.17, 15) is 18.0 Å². The number of aryl methyl sites for hydroxylation is 1. The second-order valence-electron chi connectivity index (χ2n) is 4.27. The molecule has 0 aromatic carbocycles. The maximum atomic E-state index is 12.7. The van der Waals surface area contributed by atoms with Gasteiger partial charge in [-0.15, -0.1) is 0 Å². The number of hydrogen-bond acceptors (Lipinski definition) is 2. The molecule has 0 amide bonds. The smallest absolute Gasteiger partial charge is 0.418 e. The maximum Gasteiger partial charge on any atom is 0.418 e. The number of aromatic carboxylic acids is 1. The zero-order chi connectivity index (χ0) is 14.9. The van der Waals surface area contributed by atoms with E-state index in [2.05, 4.69) is 5.10 Å². The summed E-state index contributed by atoms with van der Waals surface area (Å²) >= 11 is 0. The van der Waals surface area contributed by atoms with E-state index in [1.54, 1.807) is 10.9 Å². The van der Waals surface area contributed by atoms with E-state index in [4.69, 9.17) is 5.11 Å². The SMILES string of the molecule is CCn1cc(Cn2cc(C(=O)O)c(C(F)(F)F)c2)cn1. The number of rotatable bonds is 4. The zero-order valence-corrected chi connectivity index (χ0v) is 10.6. The molecule has 1 N–H and O–H groups in total. The quantitative estimate of drug-likeness (QED) is 0.939. The monoisotopic (exact) mass is 287 g/mol. The van der Waals surface area contributed by atoms with Crippen molar-refractivity contribution in [2.24, 2.45) is 0 Å². The van der Waals surface area contributed by atoms with Crippen LogP contribution in [0, 0.1) is 0 Å². The van der Waals surface area contributed by atoms with Crippen LogP contribution in [0.1, 0.15) is 28.4 Å². The van der Waals surface area contributed by atoms with Crippen LogP contribution in [0.15, 0.2) is 24.8 Å². The fourth-order valence-corrected chi connectivity index (χ4v) is 1.87. The lowest BCUT2D eigenvalue weighted by molar-refractivity contribution is -0.138. The second kappa shape index (κ2) is 5.03. The van der Waals surface area contributed by atoms with Crippen LogP contribution in [0.4, 0.5) is 13.2 Å². The molecule has 0 aliphatic carbocycles. The Balaban J connectivity index is 2.31. The summed E-state index contributed by atoms with van der Waals surface area (Å²) in [6, 6.07) is 0. The molecule has 2 rings (SSSR count). The number of nitrogens with zero attached hydrogens (tertiary/aromatic N) is 3. The summed E-state index contributed by atoms with van der Waals surface area (Å²) in [7, 11) is 0. The normalized spacial score (nSPS) is 11.8. The molecule has 2 aromatic heterocycles. The summed E-state index contributed by atoms with van der Waals surface area (Å²) in [5.74, 6) is -1.60. The third-order valence-corrected chi connectivity index (χ3v) is 2.79. The fourth-order valence-electron chi connectivity index (χ4n) is 1.87. The number of carboxylic acids is 1. The van der Waals surface area contributed by atoms with E-state index < -0.39 is 23.3 Å². The topological polar surface area (TPSA) is 60.0 Å². The average molecular weight is 287 g/mol. The Labute approximate surface area is 112 Å². The summed E-state index contributed by atoms with van der Waals surface area (Å²) in [4.78, 5) is 10.9. The molecule has 0 aliphatic heterocycles. The molecule has 0 spiro atoms. The van der Waals surface area contributed by atoms with Crippen molar-refractivity contribution in [2.75, 3.05) is 0 Å². The Morgan fingerprint density at radius 3 is 2.50 bits per heavy atom. The molecule has 20 heavy (non-hydrogen) atoms. The summed E-state index contributed by atoms with van der Waals surface area (Å²) in [5.41, 5.74) is -1.19. The first-order valence-corrected chi connectivity index (χ1v) is 5.83. The lowest BCUT2D eigenvalue weighted by Gasteiger charge is -2.04. The largest absolute Gasteiger partial charge is 0.478 e. The summed E-state index contributed by atoms with van der Waals surface area (Å²) in [6.07, 6.45) is 0.332. The molecule has 2 aromatic rings. The summed E-state index contributed by atoms with van der Waals surface area (Å²) < 4.78 is 41.0. The van der Waals surface area contributed by atoms with E-state index in [1.165, 1.54) is 10.8 Å². The number of carboxylic acid groups (broad SMARTS) is 1. The molecular weight excluding hydrogens is 275 g/mol. The minimum absolute atomic E-state index is 0.135. The van der Waals surface area contributed by atoms with Gasteiger partial charge in [0.1, 0.15) is 0 Å². The lowest BCUT2D eigenvalue weighted by Crippen LogP contribution is -2.09. The van der Waals surface area contributed by atoms with Crippen molar-refractivity contribution in [1.82, 2.24) is 14.3 Å². The molecule has 0 saturated heterocycles. The van der Waals surface area contributed by atoms with Gasteiger partial charge in [0.25, 0.3) is 0 Å². The summed E-state index contributed by atoms with van der Waals surface area (Å²) in [5, 5.41) is 12.8. The second-order valence-corrected chi connectivity index (χ2v) is 4.27. The van der Waals surface area contributed by atoms with Gasteiger partial charge in [-0.25, -0.2) is 4.79 Å². The number of aromatic nitrogens is 3. The van der Waals surface area contributed by atoms with Crippen molar-refractivity contribution in [2.45, 2.75) is 26.2 Å². The molecule has 0 aliphatic rings. The van der Waals surface area contributed by atoms with Crippen molar-refractivity contribution in [1.29, 1.82) is 0 Å². The Morgan fingerprint density at radius 1 is 1.35 bits per heavy atom. The van der Waals surface area contributed by atoms with Gasteiger partial charge >= 0.3 is 12.1 Å². The molecule has 0 unspecified atom stereocenters. The highest BCUT2D eigenvalue weighted by Crippen LogP contribution is 2.32. The van der Waals surface area contributed by atoms with Gasteiger partial charge in [0, 0.05) is 30.7 Å². The van der Waals surface area contributed by atoms with E-state index >= 15 is 0 Å². The third kappa shape index (κ3) is 2.84. The van der Waals surface area contributed by atoms with Gasteiger partial charge in [0.05, 0.1) is 23.9 Å². The lowest BCUT2D eigenvalue weighted by atomic mass is 10.2. The van der Waals surface area contributed by atoms with Crippen molar-refractivity contribution < 1.29 is 23.1 Å². The predicted octanol–water partition coefficient (Wildman–Crippen LogP) is 2.47. The first kappa shape index (κ1) is 14.2. The number of carbonyl (C=O) groups is 1. The van der Waals surface area contributed by atoms with E-state index in [0.29, 0.717) is 12.1 Å². The minimum atomic E-state index is -4.69. The van der Waals surface area contributed by atoms with E-state index in [1.807, 2.05) is 6.92 Å². The van der Waals surface area contributed by atoms with Gasteiger partial charge in [0.2, 0.25) is 0 Å². The van der Waals surface area contributed by atoms with Gasteiger partial charge in [-0.1, -0.05) is 0 Å². The van der Waals surface area contributed by atoms with Gasteiger partial charge < -0.3 is 9.67 Å². The van der Waals surface area contributed by atoms with Crippen molar-refractivity contribution in [3.63, 3.8) is 0 Å². The molecule has 0 atom stereocenters. The highest BCUT2D eigenvalue weighted by molar-refractivity contribution is 5.89. The molecule has 8 heteroatoms. The van der Waals surface area contributed by atoms with Crippen molar-refractivity contribution >= 4 is 5.97 Å². The van der Waals surface area contributed by atoms with Crippen LogP contribution in [0.2, 0.25) is 0 Å². The fraction of sp³-hybridized carbons (Fsp3) is 0.333. The van der Waals surface area contributed by atoms with Crippen molar-refractivity contribution in [3.8, 4) is 0 Å². The molecule has 5 nitrogen and oxygen atoms in total. The molecule has 0 fully saturated rings. The first-order valence-electron chi connectivity index (χ1n) is 5.83. The Hall–Kier alpha value is -2.25. The molecule has 0 saturated carbocycles.